The normalized spacial score (nSPS) is 18.7. The van der Waals surface area contributed by atoms with Crippen molar-refractivity contribution in [2.75, 3.05) is 20.6 Å². The minimum absolute atomic E-state index is 0.350. The third-order valence-corrected chi connectivity index (χ3v) is 4.67. The van der Waals surface area contributed by atoms with Crippen molar-refractivity contribution in [2.24, 2.45) is 7.05 Å². The number of aromatic nitrogens is 2. The molecule has 4 nitrogen and oxygen atoms in total. The Kier molecular flexibility index (Phi) is 4.32. The van der Waals surface area contributed by atoms with E-state index in [9.17, 15) is 0 Å². The molecule has 1 aliphatic carbocycles. The number of fused-ring (bicyclic) bond motifs is 1. The molecule has 0 radical (unpaired) electrons. The van der Waals surface area contributed by atoms with Crippen molar-refractivity contribution in [3.05, 3.63) is 52.8 Å². The first-order chi connectivity index (χ1) is 10.5. The average molecular weight is 298 g/mol. The Morgan fingerprint density at radius 1 is 1.41 bits per heavy atom. The summed E-state index contributed by atoms with van der Waals surface area (Å²) in [5.41, 5.74) is 5.61. The van der Waals surface area contributed by atoms with E-state index in [2.05, 4.69) is 60.7 Å². The minimum atomic E-state index is 0.350. The molecule has 0 saturated heterocycles. The summed E-state index contributed by atoms with van der Waals surface area (Å²) in [5, 5.41) is 8.08. The van der Waals surface area contributed by atoms with Crippen molar-refractivity contribution >= 4 is 0 Å². The summed E-state index contributed by atoms with van der Waals surface area (Å²) in [6.45, 7) is 3.12. The van der Waals surface area contributed by atoms with Gasteiger partial charge in [0.15, 0.2) is 0 Å². The van der Waals surface area contributed by atoms with Crippen LogP contribution in [0.1, 0.15) is 40.8 Å². The van der Waals surface area contributed by atoms with Crippen LogP contribution in [0.4, 0.5) is 0 Å². The van der Waals surface area contributed by atoms with Crippen molar-refractivity contribution in [3.8, 4) is 0 Å². The van der Waals surface area contributed by atoms with Crippen LogP contribution in [-0.4, -0.2) is 35.3 Å². The van der Waals surface area contributed by atoms with Crippen molar-refractivity contribution < 1.29 is 0 Å². The van der Waals surface area contributed by atoms with Crippen LogP contribution < -0.4 is 5.32 Å². The number of nitrogens with zero attached hydrogens (tertiary/aromatic N) is 3. The standard InChI is InChI=1S/C18H26N4/c1-13-5-6-14-7-8-17(16(14)9-13)19-11-18(21(2)3)15-10-20-22(4)12-15/h5-6,9-10,12,17-19H,7-8,11H2,1-4H3/t17-,18+/m1/s1. The highest BCUT2D eigenvalue weighted by Crippen LogP contribution is 2.32. The summed E-state index contributed by atoms with van der Waals surface area (Å²) >= 11 is 0. The molecule has 0 amide bonds. The van der Waals surface area contributed by atoms with Crippen molar-refractivity contribution in [1.82, 2.24) is 20.0 Å². The van der Waals surface area contributed by atoms with Gasteiger partial charge in [0.2, 0.25) is 0 Å². The lowest BCUT2D eigenvalue weighted by atomic mass is 10.0. The third-order valence-electron chi connectivity index (χ3n) is 4.67. The molecule has 3 rings (SSSR count). The SMILES string of the molecule is Cc1ccc2c(c1)[C@H](NC[C@@H](c1cnn(C)c1)N(C)C)CC2. The predicted octanol–water partition coefficient (Wildman–Crippen LogP) is 2.61. The lowest BCUT2D eigenvalue weighted by Gasteiger charge is -2.26. The van der Waals surface area contributed by atoms with Crippen molar-refractivity contribution in [3.63, 3.8) is 0 Å². The maximum atomic E-state index is 4.31. The first-order valence-electron chi connectivity index (χ1n) is 8.02. The lowest BCUT2D eigenvalue weighted by Crippen LogP contribution is -2.32. The van der Waals surface area contributed by atoms with Gasteiger partial charge in [0.05, 0.1) is 6.20 Å². The minimum Gasteiger partial charge on any atom is -0.308 e. The molecule has 1 heterocycles. The van der Waals surface area contributed by atoms with Crippen LogP contribution in [0, 0.1) is 6.92 Å². The molecule has 1 aromatic carbocycles. The van der Waals surface area contributed by atoms with Gasteiger partial charge in [-0.2, -0.15) is 5.10 Å². The molecular weight excluding hydrogens is 272 g/mol. The molecule has 1 aliphatic rings. The van der Waals surface area contributed by atoms with E-state index in [0.29, 0.717) is 12.1 Å². The van der Waals surface area contributed by atoms with E-state index >= 15 is 0 Å². The fourth-order valence-electron chi connectivity index (χ4n) is 3.40. The second kappa shape index (κ2) is 6.23. The number of rotatable bonds is 5. The van der Waals surface area contributed by atoms with Crippen LogP contribution in [-0.2, 0) is 13.5 Å². The number of hydrogen-bond donors (Lipinski definition) is 1. The molecule has 22 heavy (non-hydrogen) atoms. The van der Waals surface area contributed by atoms with Crippen LogP contribution in [0.3, 0.4) is 0 Å². The van der Waals surface area contributed by atoms with Gasteiger partial charge in [-0.1, -0.05) is 23.8 Å². The van der Waals surface area contributed by atoms with Crippen molar-refractivity contribution in [2.45, 2.75) is 31.8 Å². The maximum absolute atomic E-state index is 4.31. The summed E-state index contributed by atoms with van der Waals surface area (Å²) in [6, 6.07) is 7.68. The topological polar surface area (TPSA) is 33.1 Å². The number of nitrogens with one attached hydrogen (secondary N) is 1. The van der Waals surface area contributed by atoms with Crippen LogP contribution in [0.15, 0.2) is 30.6 Å². The average Bonchev–Trinajstić information content (AvgIpc) is 3.06. The molecule has 0 fully saturated rings. The second-order valence-corrected chi connectivity index (χ2v) is 6.63. The first-order valence-corrected chi connectivity index (χ1v) is 8.02. The van der Waals surface area contributed by atoms with Gasteiger partial charge in [-0.3, -0.25) is 4.68 Å². The van der Waals surface area contributed by atoms with Crippen molar-refractivity contribution in [1.29, 1.82) is 0 Å². The van der Waals surface area contributed by atoms with Gasteiger partial charge in [0.1, 0.15) is 0 Å². The van der Waals surface area contributed by atoms with E-state index < -0.39 is 0 Å². The van der Waals surface area contributed by atoms with E-state index in [1.165, 1.54) is 35.1 Å². The van der Waals surface area contributed by atoms with Crippen LogP contribution >= 0.6 is 0 Å². The zero-order chi connectivity index (χ0) is 15.7. The molecule has 2 atom stereocenters. The first kappa shape index (κ1) is 15.3. The Bertz CT molecular complexity index is 644. The lowest BCUT2D eigenvalue weighted by molar-refractivity contribution is 0.279. The monoisotopic (exact) mass is 298 g/mol. The Balaban J connectivity index is 1.71. The molecule has 1 N–H and O–H groups in total. The molecule has 0 aliphatic heterocycles. The Morgan fingerprint density at radius 3 is 2.91 bits per heavy atom. The highest BCUT2D eigenvalue weighted by molar-refractivity contribution is 5.37. The third kappa shape index (κ3) is 3.08. The molecule has 1 aromatic heterocycles. The van der Waals surface area contributed by atoms with Gasteiger partial charge in [-0.25, -0.2) is 0 Å². The fourth-order valence-corrected chi connectivity index (χ4v) is 3.40. The van der Waals surface area contributed by atoms with Crippen LogP contribution in [0.25, 0.3) is 0 Å². The largest absolute Gasteiger partial charge is 0.308 e. The molecule has 2 aromatic rings. The van der Waals surface area contributed by atoms with Crippen LogP contribution in [0.2, 0.25) is 0 Å². The summed E-state index contributed by atoms with van der Waals surface area (Å²) in [6.07, 6.45) is 6.47. The smallest absolute Gasteiger partial charge is 0.0538 e. The van der Waals surface area contributed by atoms with Gasteiger partial charge in [-0.05, 0) is 45.0 Å². The molecule has 4 heteroatoms. The Hall–Kier alpha value is -1.65. The summed E-state index contributed by atoms with van der Waals surface area (Å²) in [4.78, 5) is 2.26. The number of aryl methyl sites for hydroxylation is 3. The second-order valence-electron chi connectivity index (χ2n) is 6.63. The van der Waals surface area contributed by atoms with Gasteiger partial charge in [-0.15, -0.1) is 0 Å². The van der Waals surface area contributed by atoms with E-state index in [1.54, 1.807) is 0 Å². The molecule has 0 bridgehead atoms. The number of hydrogen-bond acceptors (Lipinski definition) is 3. The Morgan fingerprint density at radius 2 is 2.23 bits per heavy atom. The predicted molar refractivity (Wildman–Crippen MR) is 89.9 cm³/mol. The van der Waals surface area contributed by atoms with E-state index in [0.717, 1.165) is 6.54 Å². The summed E-state index contributed by atoms with van der Waals surface area (Å²) in [5.74, 6) is 0. The highest BCUT2D eigenvalue weighted by Gasteiger charge is 2.24. The van der Waals surface area contributed by atoms with Gasteiger partial charge >= 0.3 is 0 Å². The summed E-state index contributed by atoms with van der Waals surface area (Å²) < 4.78 is 1.88. The van der Waals surface area contributed by atoms with Gasteiger partial charge in [0.25, 0.3) is 0 Å². The zero-order valence-corrected chi connectivity index (χ0v) is 14.0. The highest BCUT2D eigenvalue weighted by atomic mass is 15.2. The Labute approximate surface area is 133 Å². The molecule has 0 unspecified atom stereocenters. The summed E-state index contributed by atoms with van der Waals surface area (Å²) in [7, 11) is 6.23. The fraction of sp³-hybridized carbons (Fsp3) is 0.500. The number of likely N-dealkylation sites (N-methyl/N-ethyl adjacent to an activating group) is 1. The quantitative estimate of drug-likeness (QED) is 0.921. The molecule has 118 valence electrons. The van der Waals surface area contributed by atoms with E-state index in [-0.39, 0.29) is 0 Å². The van der Waals surface area contributed by atoms with Gasteiger partial charge in [0, 0.05) is 37.4 Å². The molecular formula is C18H26N4. The van der Waals surface area contributed by atoms with E-state index in [1.807, 2.05) is 17.9 Å². The van der Waals surface area contributed by atoms with Crippen LogP contribution in [0.5, 0.6) is 0 Å². The molecule has 0 spiro atoms. The maximum Gasteiger partial charge on any atom is 0.0538 e. The number of benzene rings is 1. The zero-order valence-electron chi connectivity index (χ0n) is 14.0. The van der Waals surface area contributed by atoms with E-state index in [4.69, 9.17) is 0 Å². The molecule has 0 saturated carbocycles. The van der Waals surface area contributed by atoms with Gasteiger partial charge < -0.3 is 10.2 Å².